The fourth-order valence-electron chi connectivity index (χ4n) is 2.92. The molecule has 0 saturated carbocycles. The predicted molar refractivity (Wildman–Crippen MR) is 124 cm³/mol. The fraction of sp³-hybridized carbons (Fsp3) is 0.818. The minimum Gasteiger partial charge on any atom is -0.479 e. The molecule has 1 rings (SSSR count). The number of amides is 3. The highest BCUT2D eigenvalue weighted by Gasteiger charge is 2.36. The van der Waals surface area contributed by atoms with Gasteiger partial charge >= 0.3 is 5.97 Å². The Kier molecular flexibility index (Phi) is 11.8. The molecule has 190 valence electrons. The monoisotopic (exact) mass is 490 g/mol. The second-order valence-corrected chi connectivity index (χ2v) is 10.5. The molecule has 0 radical (unpaired) electrons. The van der Waals surface area contributed by atoms with Crippen LogP contribution in [0.2, 0.25) is 0 Å². The fourth-order valence-corrected chi connectivity index (χ4v) is 3.22. The number of carboxylic acid groups (broad SMARTS) is 1. The van der Waals surface area contributed by atoms with E-state index in [0.717, 1.165) is 4.90 Å². The van der Waals surface area contributed by atoms with Crippen LogP contribution < -0.4 is 5.32 Å². The average molecular weight is 491 g/mol. The van der Waals surface area contributed by atoms with Crippen LogP contribution in [0.1, 0.15) is 47.5 Å². The third-order valence-electron chi connectivity index (χ3n) is 4.90. The smallest absolute Gasteiger partial charge is 0.332 e. The molecule has 10 nitrogen and oxygen atoms in total. The number of aliphatic carboxylic acids is 1. The molecule has 1 saturated heterocycles. The maximum absolute atomic E-state index is 11.9. The number of likely N-dealkylation sites (tertiary alicyclic amines) is 1. The average Bonchev–Trinajstić information content (AvgIpc) is 2.95. The van der Waals surface area contributed by atoms with Crippen LogP contribution in [0.3, 0.4) is 0 Å². The number of thiol groups is 1. The molecule has 0 bridgehead atoms. The summed E-state index contributed by atoms with van der Waals surface area (Å²) < 4.78 is 16.8. The summed E-state index contributed by atoms with van der Waals surface area (Å²) in [6.45, 7) is 11.6. The van der Waals surface area contributed by atoms with Crippen molar-refractivity contribution in [3.8, 4) is 0 Å². The summed E-state index contributed by atoms with van der Waals surface area (Å²) in [6, 6.07) is 0. The highest BCUT2D eigenvalue weighted by Crippen LogP contribution is 2.21. The van der Waals surface area contributed by atoms with Crippen molar-refractivity contribution in [2.24, 2.45) is 10.8 Å². The first-order valence-electron chi connectivity index (χ1n) is 11.0. The maximum Gasteiger partial charge on any atom is 0.332 e. The minimum atomic E-state index is -0.996. The quantitative estimate of drug-likeness (QED) is 0.167. The van der Waals surface area contributed by atoms with Gasteiger partial charge in [-0.2, -0.15) is 12.6 Å². The zero-order chi connectivity index (χ0) is 25.2. The number of ether oxygens (including phenoxy) is 3. The third kappa shape index (κ3) is 11.3. The summed E-state index contributed by atoms with van der Waals surface area (Å²) in [5, 5.41) is 11.0. The van der Waals surface area contributed by atoms with Gasteiger partial charge in [-0.3, -0.25) is 19.3 Å². The summed E-state index contributed by atoms with van der Waals surface area (Å²) in [6.07, 6.45) is -0.742. The molecule has 2 atom stereocenters. The predicted octanol–water partition coefficient (Wildman–Crippen LogP) is 1.13. The van der Waals surface area contributed by atoms with Gasteiger partial charge in [0.2, 0.25) is 17.7 Å². The lowest BCUT2D eigenvalue weighted by Crippen LogP contribution is -2.36. The molecule has 1 unspecified atom stereocenters. The SMILES string of the molecule is C[C@H](OCC(C)(C)COCC(C)(C)COCCNC(=O)CCN1C(=O)CC(S)C1=O)C(=O)O. The van der Waals surface area contributed by atoms with Crippen LogP contribution in [0.25, 0.3) is 0 Å². The van der Waals surface area contributed by atoms with E-state index in [1.54, 1.807) is 0 Å². The standard InChI is InChI=1S/C22H38N2O8S/c1-15(20(28)29)32-14-22(4,5)13-31-12-21(2,3)11-30-9-7-23-17(25)6-8-24-18(26)10-16(33)19(24)27/h15-16,33H,6-14H2,1-5H3,(H,23,25)(H,28,29)/t15-,16?/m0/s1. The highest BCUT2D eigenvalue weighted by molar-refractivity contribution is 7.81. The van der Waals surface area contributed by atoms with E-state index in [2.05, 4.69) is 17.9 Å². The lowest BCUT2D eigenvalue weighted by atomic mass is 9.94. The molecular formula is C22H38N2O8S. The number of nitrogens with zero attached hydrogens (tertiary/aromatic N) is 1. The van der Waals surface area contributed by atoms with E-state index in [1.807, 2.05) is 27.7 Å². The summed E-state index contributed by atoms with van der Waals surface area (Å²) in [5.74, 6) is -1.91. The number of hydrogen-bond acceptors (Lipinski definition) is 8. The topological polar surface area (TPSA) is 131 Å². The molecule has 1 heterocycles. The van der Waals surface area contributed by atoms with Gasteiger partial charge in [-0.25, -0.2) is 4.79 Å². The van der Waals surface area contributed by atoms with Crippen LogP contribution in [0, 0.1) is 10.8 Å². The van der Waals surface area contributed by atoms with E-state index < -0.39 is 17.3 Å². The number of imide groups is 1. The van der Waals surface area contributed by atoms with Crippen LogP contribution in [-0.2, 0) is 33.4 Å². The lowest BCUT2D eigenvalue weighted by molar-refractivity contribution is -0.152. The molecule has 1 aliphatic rings. The van der Waals surface area contributed by atoms with Crippen LogP contribution in [0.4, 0.5) is 0 Å². The van der Waals surface area contributed by atoms with Crippen molar-refractivity contribution in [2.75, 3.05) is 46.1 Å². The Morgan fingerprint density at radius 1 is 1.12 bits per heavy atom. The summed E-state index contributed by atoms with van der Waals surface area (Å²) >= 11 is 4.05. The van der Waals surface area contributed by atoms with E-state index >= 15 is 0 Å². The lowest BCUT2D eigenvalue weighted by Gasteiger charge is -2.29. The van der Waals surface area contributed by atoms with Crippen molar-refractivity contribution in [1.82, 2.24) is 10.2 Å². The molecule has 0 aromatic heterocycles. The Hall–Kier alpha value is -1.69. The zero-order valence-electron chi connectivity index (χ0n) is 20.2. The van der Waals surface area contributed by atoms with Crippen LogP contribution >= 0.6 is 12.6 Å². The largest absolute Gasteiger partial charge is 0.479 e. The van der Waals surface area contributed by atoms with Crippen molar-refractivity contribution in [3.05, 3.63) is 0 Å². The number of carbonyl (C=O) groups is 4. The summed E-state index contributed by atoms with van der Waals surface area (Å²) in [7, 11) is 0. The third-order valence-corrected chi connectivity index (χ3v) is 5.30. The number of carboxylic acids is 1. The number of nitrogens with one attached hydrogen (secondary N) is 1. The van der Waals surface area contributed by atoms with Crippen LogP contribution in [0.15, 0.2) is 0 Å². The molecule has 1 fully saturated rings. The van der Waals surface area contributed by atoms with Crippen molar-refractivity contribution < 1.29 is 38.5 Å². The van der Waals surface area contributed by atoms with Crippen molar-refractivity contribution in [2.45, 2.75) is 58.8 Å². The Morgan fingerprint density at radius 2 is 1.70 bits per heavy atom. The second kappa shape index (κ2) is 13.3. The molecule has 1 aliphatic heterocycles. The van der Waals surface area contributed by atoms with Gasteiger partial charge < -0.3 is 24.6 Å². The Morgan fingerprint density at radius 3 is 2.24 bits per heavy atom. The Bertz CT molecular complexity index is 698. The van der Waals surface area contributed by atoms with Crippen molar-refractivity contribution in [1.29, 1.82) is 0 Å². The van der Waals surface area contributed by atoms with Crippen LogP contribution in [-0.4, -0.2) is 91.2 Å². The van der Waals surface area contributed by atoms with Gasteiger partial charge in [-0.15, -0.1) is 0 Å². The number of hydrogen-bond donors (Lipinski definition) is 3. The van der Waals surface area contributed by atoms with Gasteiger partial charge in [-0.1, -0.05) is 27.7 Å². The maximum atomic E-state index is 11.9. The first kappa shape index (κ1) is 29.3. The molecule has 11 heteroatoms. The van der Waals surface area contributed by atoms with Gasteiger partial charge in [0.25, 0.3) is 0 Å². The van der Waals surface area contributed by atoms with Crippen molar-refractivity contribution >= 4 is 36.3 Å². The molecule has 0 spiro atoms. The molecular weight excluding hydrogens is 452 g/mol. The van der Waals surface area contributed by atoms with Gasteiger partial charge in [0.1, 0.15) is 0 Å². The number of carbonyl (C=O) groups excluding carboxylic acids is 3. The van der Waals surface area contributed by atoms with E-state index in [0.29, 0.717) is 33.0 Å². The Labute approximate surface area is 201 Å². The van der Waals surface area contributed by atoms with Gasteiger partial charge in [0.05, 0.1) is 38.3 Å². The van der Waals surface area contributed by atoms with Crippen molar-refractivity contribution in [3.63, 3.8) is 0 Å². The van der Waals surface area contributed by atoms with E-state index in [9.17, 15) is 19.2 Å². The van der Waals surface area contributed by atoms with E-state index in [-0.39, 0.29) is 54.5 Å². The van der Waals surface area contributed by atoms with E-state index in [1.165, 1.54) is 6.92 Å². The molecule has 2 N–H and O–H groups in total. The van der Waals surface area contributed by atoms with Gasteiger partial charge in [-0.05, 0) is 6.92 Å². The zero-order valence-corrected chi connectivity index (χ0v) is 21.1. The van der Waals surface area contributed by atoms with Gasteiger partial charge in [0, 0.05) is 36.8 Å². The highest BCUT2D eigenvalue weighted by atomic mass is 32.1. The number of rotatable bonds is 16. The molecule has 0 aromatic carbocycles. The normalized spacial score (nSPS) is 18.0. The summed E-state index contributed by atoms with van der Waals surface area (Å²) in [4.78, 5) is 47.3. The van der Waals surface area contributed by atoms with E-state index in [4.69, 9.17) is 19.3 Å². The Balaban J connectivity index is 2.16. The van der Waals surface area contributed by atoms with Crippen LogP contribution in [0.5, 0.6) is 0 Å². The molecule has 0 aliphatic carbocycles. The molecule has 3 amide bonds. The first-order chi connectivity index (χ1) is 15.2. The second-order valence-electron chi connectivity index (χ2n) is 9.87. The minimum absolute atomic E-state index is 0.0437. The molecule has 0 aromatic rings. The first-order valence-corrected chi connectivity index (χ1v) is 11.5. The summed E-state index contributed by atoms with van der Waals surface area (Å²) in [5.41, 5.74) is -0.585. The van der Waals surface area contributed by atoms with Gasteiger partial charge in [0.15, 0.2) is 6.10 Å². The molecule has 33 heavy (non-hydrogen) atoms.